The summed E-state index contributed by atoms with van der Waals surface area (Å²) in [6.07, 6.45) is 2.96. The highest BCUT2D eigenvalue weighted by atomic mass is 19.1. The van der Waals surface area contributed by atoms with E-state index < -0.39 is 41.1 Å². The van der Waals surface area contributed by atoms with E-state index in [9.17, 15) is 19.1 Å². The molecule has 0 aromatic carbocycles. The Labute approximate surface area is 115 Å². The van der Waals surface area contributed by atoms with E-state index >= 15 is 0 Å². The Balaban J connectivity index is 1.81. The van der Waals surface area contributed by atoms with Crippen molar-refractivity contribution >= 4 is 11.9 Å². The first-order valence-corrected chi connectivity index (χ1v) is 6.93. The van der Waals surface area contributed by atoms with Gasteiger partial charge < -0.3 is 20.7 Å². The number of fused-ring (bicyclic) bond motifs is 1. The van der Waals surface area contributed by atoms with E-state index in [1.807, 2.05) is 0 Å². The van der Waals surface area contributed by atoms with Crippen LogP contribution in [0.2, 0.25) is 0 Å². The van der Waals surface area contributed by atoms with Crippen LogP contribution in [0.4, 0.5) is 4.39 Å². The van der Waals surface area contributed by atoms with Crippen molar-refractivity contribution in [3.05, 3.63) is 0 Å². The second-order valence-corrected chi connectivity index (χ2v) is 6.16. The Morgan fingerprint density at radius 2 is 1.80 bits per heavy atom. The Hall–Kier alpha value is -1.21. The summed E-state index contributed by atoms with van der Waals surface area (Å²) in [6.45, 7) is 0. The fourth-order valence-corrected chi connectivity index (χ4v) is 4.03. The summed E-state index contributed by atoms with van der Waals surface area (Å²) in [5, 5.41) is 18.3. The lowest BCUT2D eigenvalue weighted by Gasteiger charge is -2.33. The number of alkyl halides is 1. The number of carboxylic acids is 2. The van der Waals surface area contributed by atoms with Gasteiger partial charge in [0.15, 0.2) is 0 Å². The zero-order valence-electron chi connectivity index (χ0n) is 10.9. The molecule has 3 rings (SSSR count). The summed E-state index contributed by atoms with van der Waals surface area (Å²) in [7, 11) is 0. The molecule has 4 N–H and O–H groups in total. The maximum absolute atomic E-state index is 14.3. The molecular formula is C13H18FNO5. The summed E-state index contributed by atoms with van der Waals surface area (Å²) >= 11 is 0. The van der Waals surface area contributed by atoms with Gasteiger partial charge >= 0.3 is 11.9 Å². The van der Waals surface area contributed by atoms with Crippen molar-refractivity contribution in [2.45, 2.75) is 55.5 Å². The topological polar surface area (TPSA) is 110 Å². The molecule has 0 amide bonds. The third kappa shape index (κ3) is 1.56. The molecule has 7 heteroatoms. The van der Waals surface area contributed by atoms with Gasteiger partial charge in [0.25, 0.3) is 0 Å². The number of hydrogen-bond donors (Lipinski definition) is 3. The maximum Gasteiger partial charge on any atom is 0.342 e. The molecule has 3 aliphatic rings. The third-order valence-corrected chi connectivity index (χ3v) is 5.16. The Kier molecular flexibility index (Phi) is 2.85. The highest BCUT2D eigenvalue weighted by Gasteiger charge is 2.85. The van der Waals surface area contributed by atoms with Gasteiger partial charge in [0.1, 0.15) is 5.54 Å². The summed E-state index contributed by atoms with van der Waals surface area (Å²) in [5.74, 6) is -5.06. The first-order chi connectivity index (χ1) is 9.32. The maximum atomic E-state index is 14.3. The van der Waals surface area contributed by atoms with Crippen molar-refractivity contribution in [2.75, 3.05) is 0 Å². The van der Waals surface area contributed by atoms with Crippen LogP contribution in [0.3, 0.4) is 0 Å². The monoisotopic (exact) mass is 287 g/mol. The van der Waals surface area contributed by atoms with Gasteiger partial charge in [0.2, 0.25) is 5.67 Å². The molecule has 0 spiro atoms. The number of halogens is 1. The van der Waals surface area contributed by atoms with E-state index in [1.165, 1.54) is 0 Å². The van der Waals surface area contributed by atoms with Crippen LogP contribution in [-0.2, 0) is 14.3 Å². The molecule has 0 heterocycles. The average molecular weight is 287 g/mol. The first kappa shape index (κ1) is 13.8. The molecule has 3 fully saturated rings. The second-order valence-electron chi connectivity index (χ2n) is 6.16. The fourth-order valence-electron chi connectivity index (χ4n) is 4.03. The van der Waals surface area contributed by atoms with Crippen LogP contribution >= 0.6 is 0 Å². The third-order valence-electron chi connectivity index (χ3n) is 5.16. The number of aliphatic carboxylic acids is 2. The van der Waals surface area contributed by atoms with Crippen LogP contribution in [0.1, 0.15) is 32.1 Å². The van der Waals surface area contributed by atoms with Gasteiger partial charge in [0.05, 0.1) is 12.2 Å². The Morgan fingerprint density at radius 1 is 1.20 bits per heavy atom. The SMILES string of the molecule is N[C@@]1(C(=O)O)C(OC2CCCC2)CC2C1[C@@]2(F)C(=O)O. The van der Waals surface area contributed by atoms with Crippen LogP contribution in [-0.4, -0.2) is 45.6 Å². The van der Waals surface area contributed by atoms with Gasteiger partial charge in [-0.3, -0.25) is 4.79 Å². The van der Waals surface area contributed by atoms with Gasteiger partial charge in [-0.25, -0.2) is 9.18 Å². The molecular weight excluding hydrogens is 269 g/mol. The molecule has 0 radical (unpaired) electrons. The van der Waals surface area contributed by atoms with Crippen LogP contribution in [0.15, 0.2) is 0 Å². The number of carbonyl (C=O) groups is 2. The van der Waals surface area contributed by atoms with Crippen molar-refractivity contribution in [2.24, 2.45) is 17.6 Å². The predicted octanol–water partition coefficient (Wildman–Crippen LogP) is 0.539. The van der Waals surface area contributed by atoms with Gasteiger partial charge in [-0.1, -0.05) is 12.8 Å². The zero-order valence-corrected chi connectivity index (χ0v) is 10.9. The van der Waals surface area contributed by atoms with Crippen LogP contribution < -0.4 is 5.73 Å². The number of hydrogen-bond acceptors (Lipinski definition) is 4. The summed E-state index contributed by atoms with van der Waals surface area (Å²) in [6, 6.07) is 0. The molecule has 6 nitrogen and oxygen atoms in total. The summed E-state index contributed by atoms with van der Waals surface area (Å²) < 4.78 is 20.0. The highest BCUT2D eigenvalue weighted by Crippen LogP contribution is 2.67. The molecule has 20 heavy (non-hydrogen) atoms. The minimum atomic E-state index is -2.51. The van der Waals surface area contributed by atoms with Gasteiger partial charge in [-0.15, -0.1) is 0 Å². The van der Waals surface area contributed by atoms with Crippen molar-refractivity contribution in [3.8, 4) is 0 Å². The molecule has 3 aliphatic carbocycles. The lowest BCUT2D eigenvalue weighted by Crippen LogP contribution is -2.61. The standard InChI is InChI=1S/C13H18FNO5/c14-12(10(16)17)7-5-8(20-6-3-1-2-4-6)13(15,9(7)12)11(18)19/h6-9H,1-5,15H2,(H,16,17)(H,18,19)/t7?,8?,9?,12-,13+/m1/s1. The predicted molar refractivity (Wildman–Crippen MR) is 64.8 cm³/mol. The smallest absolute Gasteiger partial charge is 0.342 e. The largest absolute Gasteiger partial charge is 0.480 e. The van der Waals surface area contributed by atoms with Crippen LogP contribution in [0.5, 0.6) is 0 Å². The van der Waals surface area contributed by atoms with Crippen molar-refractivity contribution in [1.29, 1.82) is 0 Å². The van der Waals surface area contributed by atoms with E-state index in [4.69, 9.17) is 15.6 Å². The first-order valence-electron chi connectivity index (χ1n) is 6.93. The molecule has 3 unspecified atom stereocenters. The number of carboxylic acid groups (broad SMARTS) is 2. The van der Waals surface area contributed by atoms with Crippen molar-refractivity contribution < 1.29 is 28.9 Å². The van der Waals surface area contributed by atoms with Crippen LogP contribution in [0, 0.1) is 11.8 Å². The molecule has 0 saturated heterocycles. The fraction of sp³-hybridized carbons (Fsp3) is 0.846. The molecule has 0 aliphatic heterocycles. The van der Waals surface area contributed by atoms with Crippen molar-refractivity contribution in [3.63, 3.8) is 0 Å². The molecule has 5 atom stereocenters. The van der Waals surface area contributed by atoms with E-state index in [2.05, 4.69) is 0 Å². The van der Waals surface area contributed by atoms with Gasteiger partial charge in [0, 0.05) is 11.8 Å². The lowest BCUT2D eigenvalue weighted by atomic mass is 9.87. The molecule has 0 aromatic rings. The number of ether oxygens (including phenoxy) is 1. The summed E-state index contributed by atoms with van der Waals surface area (Å²) in [4.78, 5) is 22.5. The highest BCUT2D eigenvalue weighted by molar-refractivity contribution is 5.90. The van der Waals surface area contributed by atoms with E-state index in [0.717, 1.165) is 25.7 Å². The van der Waals surface area contributed by atoms with Gasteiger partial charge in [-0.05, 0) is 19.3 Å². The van der Waals surface area contributed by atoms with E-state index in [1.54, 1.807) is 0 Å². The second kappa shape index (κ2) is 4.14. The average Bonchev–Trinajstić information content (AvgIpc) is 2.74. The molecule has 0 bridgehead atoms. The minimum absolute atomic E-state index is 0.0429. The van der Waals surface area contributed by atoms with Crippen molar-refractivity contribution in [1.82, 2.24) is 0 Å². The van der Waals surface area contributed by atoms with Crippen LogP contribution in [0.25, 0.3) is 0 Å². The van der Waals surface area contributed by atoms with E-state index in [-0.39, 0.29) is 12.5 Å². The molecule has 112 valence electrons. The lowest BCUT2D eigenvalue weighted by molar-refractivity contribution is -0.158. The molecule has 3 saturated carbocycles. The normalized spacial score (nSPS) is 47.2. The summed E-state index contributed by atoms with van der Waals surface area (Å²) in [5.41, 5.74) is 1.44. The Morgan fingerprint density at radius 3 is 2.30 bits per heavy atom. The Bertz CT molecular complexity index is 466. The quantitative estimate of drug-likeness (QED) is 0.696. The molecule has 0 aromatic heterocycles. The number of nitrogens with two attached hydrogens (primary N) is 1. The van der Waals surface area contributed by atoms with Gasteiger partial charge in [-0.2, -0.15) is 0 Å². The zero-order chi connectivity index (χ0) is 14.7. The van der Waals surface area contributed by atoms with E-state index in [0.29, 0.717) is 0 Å². The number of rotatable bonds is 4. The minimum Gasteiger partial charge on any atom is -0.480 e.